The summed E-state index contributed by atoms with van der Waals surface area (Å²) in [4.78, 5) is 23.0. The molecule has 2 aromatic rings. The van der Waals surface area contributed by atoms with Crippen molar-refractivity contribution < 1.29 is 19.4 Å². The van der Waals surface area contributed by atoms with Crippen molar-refractivity contribution in [3.05, 3.63) is 77.9 Å². The lowest BCUT2D eigenvalue weighted by Crippen LogP contribution is -2.40. The molecule has 0 aliphatic carbocycles. The van der Waals surface area contributed by atoms with E-state index in [1.54, 1.807) is 6.08 Å². The molecular weight excluding hydrogens is 306 g/mol. The molecule has 0 aliphatic rings. The van der Waals surface area contributed by atoms with Crippen molar-refractivity contribution in [1.29, 1.82) is 0 Å². The molecule has 2 aromatic carbocycles. The van der Waals surface area contributed by atoms with Gasteiger partial charge in [-0.2, -0.15) is 0 Å². The number of nitrogens with one attached hydrogen (secondary N) is 1. The second kappa shape index (κ2) is 9.15. The van der Waals surface area contributed by atoms with Crippen LogP contribution in [0.4, 0.5) is 4.79 Å². The first-order valence-corrected chi connectivity index (χ1v) is 7.57. The number of carboxylic acid groups (broad SMARTS) is 1. The summed E-state index contributed by atoms with van der Waals surface area (Å²) in [6.45, 7) is 0.0961. The van der Waals surface area contributed by atoms with Crippen LogP contribution < -0.4 is 5.32 Å². The minimum absolute atomic E-state index is 0.0961. The lowest BCUT2D eigenvalue weighted by Gasteiger charge is -2.13. The van der Waals surface area contributed by atoms with Crippen LogP contribution in [0.2, 0.25) is 0 Å². The smallest absolute Gasteiger partial charge is 0.408 e. The highest BCUT2D eigenvalue weighted by Gasteiger charge is 2.19. The molecule has 1 amide bonds. The van der Waals surface area contributed by atoms with E-state index < -0.39 is 18.1 Å². The summed E-state index contributed by atoms with van der Waals surface area (Å²) >= 11 is 0. The second-order valence-corrected chi connectivity index (χ2v) is 5.15. The zero-order valence-electron chi connectivity index (χ0n) is 13.1. The number of hydrogen-bond donors (Lipinski definition) is 2. The summed E-state index contributed by atoms with van der Waals surface area (Å²) in [5.41, 5.74) is 1.80. The zero-order chi connectivity index (χ0) is 17.2. The fourth-order valence-corrected chi connectivity index (χ4v) is 2.03. The first kappa shape index (κ1) is 17.3. The van der Waals surface area contributed by atoms with E-state index in [0.717, 1.165) is 11.1 Å². The number of rotatable bonds is 7. The standard InChI is InChI=1S/C19H19NO4/c21-18(22)17(13-7-12-15-8-3-1-4-9-15)20-19(23)24-14-16-10-5-2-6-11-16/h1-12,17H,13-14H2,(H,20,23)(H,21,22)/b12-7+/t17-/m1/s1. The molecular formula is C19H19NO4. The van der Waals surface area contributed by atoms with E-state index in [1.165, 1.54) is 0 Å². The van der Waals surface area contributed by atoms with Gasteiger partial charge in [0.2, 0.25) is 0 Å². The van der Waals surface area contributed by atoms with E-state index in [2.05, 4.69) is 5.32 Å². The van der Waals surface area contributed by atoms with Crippen molar-refractivity contribution in [3.8, 4) is 0 Å². The molecule has 124 valence electrons. The van der Waals surface area contributed by atoms with Gasteiger partial charge < -0.3 is 15.2 Å². The number of carboxylic acids is 1. The van der Waals surface area contributed by atoms with Crippen molar-refractivity contribution in [1.82, 2.24) is 5.32 Å². The molecule has 2 N–H and O–H groups in total. The molecule has 5 heteroatoms. The number of amides is 1. The molecule has 0 fully saturated rings. The Morgan fingerprint density at radius 3 is 2.29 bits per heavy atom. The van der Waals surface area contributed by atoms with Crippen LogP contribution in [0, 0.1) is 0 Å². The highest BCUT2D eigenvalue weighted by atomic mass is 16.5. The first-order valence-electron chi connectivity index (χ1n) is 7.57. The van der Waals surface area contributed by atoms with Gasteiger partial charge >= 0.3 is 12.1 Å². The SMILES string of the molecule is O=C(N[C@H](C/C=C/c1ccccc1)C(=O)O)OCc1ccccc1. The lowest BCUT2D eigenvalue weighted by atomic mass is 10.1. The molecule has 1 atom stereocenters. The van der Waals surface area contributed by atoms with Gasteiger partial charge in [0.05, 0.1) is 0 Å². The van der Waals surface area contributed by atoms with E-state index in [9.17, 15) is 14.7 Å². The Labute approximate surface area is 140 Å². The van der Waals surface area contributed by atoms with Gasteiger partial charge in [0, 0.05) is 0 Å². The fourth-order valence-electron chi connectivity index (χ4n) is 2.03. The van der Waals surface area contributed by atoms with Crippen molar-refractivity contribution in [2.24, 2.45) is 0 Å². The average Bonchev–Trinajstić information content (AvgIpc) is 2.61. The van der Waals surface area contributed by atoms with Crippen molar-refractivity contribution >= 4 is 18.1 Å². The summed E-state index contributed by atoms with van der Waals surface area (Å²) in [6, 6.07) is 17.7. The van der Waals surface area contributed by atoms with Crippen LogP contribution in [-0.4, -0.2) is 23.2 Å². The van der Waals surface area contributed by atoms with Crippen molar-refractivity contribution in [2.75, 3.05) is 0 Å². The molecule has 0 saturated heterocycles. The van der Waals surface area contributed by atoms with Gasteiger partial charge in [-0.05, 0) is 17.5 Å². The number of carbonyl (C=O) groups excluding carboxylic acids is 1. The monoisotopic (exact) mass is 325 g/mol. The summed E-state index contributed by atoms with van der Waals surface area (Å²) in [5.74, 6) is -1.11. The van der Waals surface area contributed by atoms with Crippen LogP contribution in [-0.2, 0) is 16.1 Å². The third-order valence-electron chi connectivity index (χ3n) is 3.28. The third-order valence-corrected chi connectivity index (χ3v) is 3.28. The lowest BCUT2D eigenvalue weighted by molar-refractivity contribution is -0.139. The first-order chi connectivity index (χ1) is 11.6. The Kier molecular flexibility index (Phi) is 6.58. The molecule has 0 saturated carbocycles. The van der Waals surface area contributed by atoms with Gasteiger partial charge in [-0.1, -0.05) is 72.8 Å². The molecule has 0 bridgehead atoms. The van der Waals surface area contributed by atoms with Crippen LogP contribution >= 0.6 is 0 Å². The Hall–Kier alpha value is -3.08. The molecule has 0 heterocycles. The normalized spacial score (nSPS) is 11.8. The zero-order valence-corrected chi connectivity index (χ0v) is 13.1. The van der Waals surface area contributed by atoms with Crippen LogP contribution in [0.15, 0.2) is 66.7 Å². The van der Waals surface area contributed by atoms with Gasteiger partial charge in [-0.3, -0.25) is 0 Å². The van der Waals surface area contributed by atoms with E-state index >= 15 is 0 Å². The van der Waals surface area contributed by atoms with E-state index in [1.807, 2.05) is 66.7 Å². The van der Waals surface area contributed by atoms with Crippen LogP contribution in [0.5, 0.6) is 0 Å². The fraction of sp³-hybridized carbons (Fsp3) is 0.158. The van der Waals surface area contributed by atoms with Gasteiger partial charge in [0.15, 0.2) is 0 Å². The summed E-state index contributed by atoms with van der Waals surface area (Å²) < 4.78 is 5.04. The molecule has 0 unspecified atom stereocenters. The van der Waals surface area contributed by atoms with Crippen molar-refractivity contribution in [2.45, 2.75) is 19.1 Å². The largest absolute Gasteiger partial charge is 0.480 e. The van der Waals surface area contributed by atoms with Gasteiger partial charge in [0.1, 0.15) is 12.6 Å². The molecule has 0 aliphatic heterocycles. The Morgan fingerprint density at radius 1 is 1.04 bits per heavy atom. The Balaban J connectivity index is 1.83. The molecule has 0 aromatic heterocycles. The predicted molar refractivity (Wildman–Crippen MR) is 91.3 cm³/mol. The highest BCUT2D eigenvalue weighted by Crippen LogP contribution is 2.05. The maximum absolute atomic E-state index is 11.7. The van der Waals surface area contributed by atoms with Crippen LogP contribution in [0.3, 0.4) is 0 Å². The highest BCUT2D eigenvalue weighted by molar-refractivity contribution is 5.80. The van der Waals surface area contributed by atoms with E-state index in [0.29, 0.717) is 0 Å². The van der Waals surface area contributed by atoms with Gasteiger partial charge in [0.25, 0.3) is 0 Å². The maximum atomic E-state index is 11.7. The molecule has 0 spiro atoms. The molecule has 0 radical (unpaired) electrons. The summed E-state index contributed by atoms with van der Waals surface area (Å²) in [5, 5.41) is 11.6. The van der Waals surface area contributed by atoms with Gasteiger partial charge in [-0.15, -0.1) is 0 Å². The second-order valence-electron chi connectivity index (χ2n) is 5.15. The van der Waals surface area contributed by atoms with E-state index in [-0.39, 0.29) is 13.0 Å². The minimum Gasteiger partial charge on any atom is -0.480 e. The number of carbonyl (C=O) groups is 2. The van der Waals surface area contributed by atoms with E-state index in [4.69, 9.17) is 4.74 Å². The van der Waals surface area contributed by atoms with Crippen molar-refractivity contribution in [3.63, 3.8) is 0 Å². The minimum atomic E-state index is -1.11. The van der Waals surface area contributed by atoms with Crippen LogP contribution in [0.1, 0.15) is 17.5 Å². The molecule has 2 rings (SSSR count). The summed E-state index contributed by atoms with van der Waals surface area (Å²) in [6.07, 6.45) is 2.95. The van der Waals surface area contributed by atoms with Crippen LogP contribution in [0.25, 0.3) is 6.08 Å². The Morgan fingerprint density at radius 2 is 1.67 bits per heavy atom. The predicted octanol–water partition coefficient (Wildman–Crippen LogP) is 3.47. The Bertz CT molecular complexity index is 683. The molecule has 24 heavy (non-hydrogen) atoms. The quantitative estimate of drug-likeness (QED) is 0.817. The average molecular weight is 325 g/mol. The number of ether oxygens (including phenoxy) is 1. The number of benzene rings is 2. The summed E-state index contributed by atoms with van der Waals surface area (Å²) in [7, 11) is 0. The number of aliphatic carboxylic acids is 1. The molecule has 5 nitrogen and oxygen atoms in total. The third kappa shape index (κ3) is 5.96. The maximum Gasteiger partial charge on any atom is 0.408 e. The number of hydrogen-bond acceptors (Lipinski definition) is 3. The van der Waals surface area contributed by atoms with Gasteiger partial charge in [-0.25, -0.2) is 9.59 Å². The topological polar surface area (TPSA) is 75.6 Å². The number of alkyl carbamates (subject to hydrolysis) is 1.